The van der Waals surface area contributed by atoms with Gasteiger partial charge in [0.2, 0.25) is 0 Å². The fourth-order valence-electron chi connectivity index (χ4n) is 3.24. The van der Waals surface area contributed by atoms with Crippen LogP contribution in [0, 0.1) is 0 Å². The molecule has 1 aliphatic heterocycles. The van der Waals surface area contributed by atoms with Crippen molar-refractivity contribution in [2.45, 2.75) is 69.6 Å². The largest absolute Gasteiger partial charge is 0.479 e. The summed E-state index contributed by atoms with van der Waals surface area (Å²) in [6.07, 6.45) is 5.07. The number of likely N-dealkylation sites (N-methyl/N-ethyl adjacent to an activating group) is 1. The molecular weight excluding hydrogens is 246 g/mol. The number of rotatable bonds is 3. The van der Waals surface area contributed by atoms with Gasteiger partial charge in [-0.1, -0.05) is 19.3 Å². The Morgan fingerprint density at radius 2 is 1.84 bits per heavy atom. The van der Waals surface area contributed by atoms with Crippen LogP contribution in [0.2, 0.25) is 0 Å². The van der Waals surface area contributed by atoms with Crippen molar-refractivity contribution in [3.05, 3.63) is 0 Å². The van der Waals surface area contributed by atoms with Crippen LogP contribution in [0.3, 0.4) is 0 Å². The molecule has 0 radical (unpaired) electrons. The highest BCUT2D eigenvalue weighted by atomic mass is 16.5. The van der Waals surface area contributed by atoms with Crippen LogP contribution in [0.4, 0.5) is 0 Å². The molecule has 1 N–H and O–H groups in total. The number of carboxylic acids is 1. The van der Waals surface area contributed by atoms with Crippen LogP contribution < -0.4 is 0 Å². The molecule has 19 heavy (non-hydrogen) atoms. The molecule has 5 nitrogen and oxygen atoms in total. The van der Waals surface area contributed by atoms with Gasteiger partial charge in [-0.2, -0.15) is 0 Å². The van der Waals surface area contributed by atoms with Crippen molar-refractivity contribution in [1.82, 2.24) is 4.90 Å². The number of hydrogen-bond acceptors (Lipinski definition) is 3. The van der Waals surface area contributed by atoms with Gasteiger partial charge in [-0.15, -0.1) is 0 Å². The highest BCUT2D eigenvalue weighted by molar-refractivity contribution is 5.89. The smallest absolute Gasteiger partial charge is 0.329 e. The first kappa shape index (κ1) is 14.3. The second-order valence-electron chi connectivity index (χ2n) is 5.81. The van der Waals surface area contributed by atoms with Crippen LogP contribution in [0.5, 0.6) is 0 Å². The summed E-state index contributed by atoms with van der Waals surface area (Å²) in [5.74, 6) is -1.05. The van der Waals surface area contributed by atoms with E-state index in [1.807, 2.05) is 6.92 Å². The Kier molecular flexibility index (Phi) is 4.13. The van der Waals surface area contributed by atoms with E-state index in [0.717, 1.165) is 25.7 Å². The van der Waals surface area contributed by atoms with Crippen molar-refractivity contribution >= 4 is 11.9 Å². The molecule has 0 aromatic rings. The zero-order valence-electron chi connectivity index (χ0n) is 11.7. The summed E-state index contributed by atoms with van der Waals surface area (Å²) in [7, 11) is 1.62. The lowest BCUT2D eigenvalue weighted by Gasteiger charge is -2.41. The van der Waals surface area contributed by atoms with Gasteiger partial charge in [0.25, 0.3) is 5.91 Å². The molecular formula is C14H23NO4. The highest BCUT2D eigenvalue weighted by Crippen LogP contribution is 2.34. The molecule has 2 aliphatic rings. The molecule has 2 rings (SSSR count). The summed E-state index contributed by atoms with van der Waals surface area (Å²) in [6.45, 7) is 1.95. The van der Waals surface area contributed by atoms with Crippen molar-refractivity contribution in [1.29, 1.82) is 0 Å². The van der Waals surface area contributed by atoms with E-state index in [4.69, 9.17) is 4.74 Å². The van der Waals surface area contributed by atoms with Gasteiger partial charge in [-0.05, 0) is 32.6 Å². The van der Waals surface area contributed by atoms with Crippen LogP contribution in [-0.4, -0.2) is 46.7 Å². The van der Waals surface area contributed by atoms with Crippen molar-refractivity contribution in [2.24, 2.45) is 0 Å². The predicted molar refractivity (Wildman–Crippen MR) is 69.8 cm³/mol. The second kappa shape index (κ2) is 5.49. The van der Waals surface area contributed by atoms with E-state index in [0.29, 0.717) is 19.3 Å². The molecule has 1 amide bonds. The average Bonchev–Trinajstić information content (AvgIpc) is 2.84. The van der Waals surface area contributed by atoms with E-state index in [1.165, 1.54) is 4.90 Å². The first-order valence-corrected chi connectivity index (χ1v) is 7.14. The third kappa shape index (κ3) is 2.61. The third-order valence-electron chi connectivity index (χ3n) is 4.56. The molecule has 0 aromatic heterocycles. The summed E-state index contributed by atoms with van der Waals surface area (Å²) in [5, 5.41) is 9.57. The number of nitrogens with zero attached hydrogens (tertiary/aromatic N) is 1. The molecule has 2 fully saturated rings. The summed E-state index contributed by atoms with van der Waals surface area (Å²) in [5.41, 5.74) is -1.02. The fraction of sp³-hybridized carbons (Fsp3) is 0.857. The zero-order valence-corrected chi connectivity index (χ0v) is 11.7. The minimum atomic E-state index is -1.02. The van der Waals surface area contributed by atoms with Gasteiger partial charge in [0.1, 0.15) is 11.6 Å². The number of carbonyl (C=O) groups excluding carboxylic acids is 1. The Hall–Kier alpha value is -1.10. The molecule has 1 saturated heterocycles. The lowest BCUT2D eigenvalue weighted by Crippen LogP contribution is -2.58. The monoisotopic (exact) mass is 269 g/mol. The van der Waals surface area contributed by atoms with Crippen LogP contribution in [0.1, 0.15) is 51.9 Å². The van der Waals surface area contributed by atoms with Gasteiger partial charge < -0.3 is 14.7 Å². The fourth-order valence-corrected chi connectivity index (χ4v) is 3.24. The highest BCUT2D eigenvalue weighted by Gasteiger charge is 2.47. The normalized spacial score (nSPS) is 30.0. The number of carboxylic acid groups (broad SMARTS) is 1. The molecule has 1 saturated carbocycles. The number of amides is 1. The quantitative estimate of drug-likeness (QED) is 0.848. The number of ether oxygens (including phenoxy) is 1. The number of aliphatic carboxylic acids is 1. The molecule has 108 valence electrons. The van der Waals surface area contributed by atoms with E-state index in [-0.39, 0.29) is 12.0 Å². The van der Waals surface area contributed by atoms with E-state index in [1.54, 1.807) is 7.05 Å². The van der Waals surface area contributed by atoms with E-state index in [9.17, 15) is 14.7 Å². The molecule has 5 heteroatoms. The lowest BCUT2D eigenvalue weighted by molar-refractivity contribution is -0.164. The Labute approximate surface area is 113 Å². The van der Waals surface area contributed by atoms with Crippen LogP contribution in [0.15, 0.2) is 0 Å². The minimum Gasteiger partial charge on any atom is -0.479 e. The summed E-state index contributed by atoms with van der Waals surface area (Å²) < 4.78 is 5.58. The summed E-state index contributed by atoms with van der Waals surface area (Å²) in [4.78, 5) is 25.5. The van der Waals surface area contributed by atoms with Gasteiger partial charge in [-0.3, -0.25) is 4.79 Å². The van der Waals surface area contributed by atoms with Crippen molar-refractivity contribution in [3.8, 4) is 0 Å². The van der Waals surface area contributed by atoms with Gasteiger partial charge in [0.15, 0.2) is 0 Å². The Morgan fingerprint density at radius 1 is 1.21 bits per heavy atom. The SMILES string of the molecule is CC1CCC(C(=O)N(C)C2(C(=O)O)CCCCC2)O1. The summed E-state index contributed by atoms with van der Waals surface area (Å²) >= 11 is 0. The molecule has 0 spiro atoms. The molecule has 1 aliphatic carbocycles. The van der Waals surface area contributed by atoms with Gasteiger partial charge in [-0.25, -0.2) is 4.79 Å². The van der Waals surface area contributed by atoms with Crippen LogP contribution in [-0.2, 0) is 14.3 Å². The first-order chi connectivity index (χ1) is 8.97. The van der Waals surface area contributed by atoms with Crippen molar-refractivity contribution in [3.63, 3.8) is 0 Å². The number of hydrogen-bond donors (Lipinski definition) is 1. The Bertz CT molecular complexity index is 362. The maximum atomic E-state index is 12.4. The number of carbonyl (C=O) groups is 2. The molecule has 2 atom stereocenters. The van der Waals surface area contributed by atoms with Gasteiger partial charge in [0.05, 0.1) is 6.10 Å². The van der Waals surface area contributed by atoms with Crippen molar-refractivity contribution < 1.29 is 19.4 Å². The van der Waals surface area contributed by atoms with Gasteiger partial charge in [0, 0.05) is 7.05 Å². The standard InChI is InChI=1S/C14H23NO4/c1-10-6-7-11(19-10)12(16)15(2)14(13(17)18)8-4-3-5-9-14/h10-11H,3-9H2,1-2H3,(H,17,18). The summed E-state index contributed by atoms with van der Waals surface area (Å²) in [6, 6.07) is 0. The second-order valence-corrected chi connectivity index (χ2v) is 5.81. The molecule has 0 bridgehead atoms. The average molecular weight is 269 g/mol. The maximum Gasteiger partial charge on any atom is 0.329 e. The van der Waals surface area contributed by atoms with E-state index in [2.05, 4.69) is 0 Å². The molecule has 0 aromatic carbocycles. The van der Waals surface area contributed by atoms with E-state index < -0.39 is 17.6 Å². The third-order valence-corrected chi connectivity index (χ3v) is 4.56. The molecule has 2 unspecified atom stereocenters. The van der Waals surface area contributed by atoms with Crippen molar-refractivity contribution in [2.75, 3.05) is 7.05 Å². The molecule has 1 heterocycles. The first-order valence-electron chi connectivity index (χ1n) is 7.14. The topological polar surface area (TPSA) is 66.8 Å². The van der Waals surface area contributed by atoms with Crippen LogP contribution in [0.25, 0.3) is 0 Å². The lowest BCUT2D eigenvalue weighted by atomic mass is 9.80. The zero-order chi connectivity index (χ0) is 14.0. The Balaban J connectivity index is 2.13. The Morgan fingerprint density at radius 3 is 2.32 bits per heavy atom. The minimum absolute atomic E-state index is 0.0921. The van der Waals surface area contributed by atoms with Crippen LogP contribution >= 0.6 is 0 Å². The predicted octanol–water partition coefficient (Wildman–Crippen LogP) is 1.80. The van der Waals surface area contributed by atoms with Gasteiger partial charge >= 0.3 is 5.97 Å². The van der Waals surface area contributed by atoms with E-state index >= 15 is 0 Å². The maximum absolute atomic E-state index is 12.4.